The predicted octanol–water partition coefficient (Wildman–Crippen LogP) is 2.66. The first kappa shape index (κ1) is 21.8. The SMILES string of the molecule is CC[C@H](NC(=O)[C@H]1OCC[C@H]1NC(=O)OCC1c2ccccc2-c2ccccc21)C(=O)O. The van der Waals surface area contributed by atoms with Gasteiger partial charge < -0.3 is 25.2 Å². The van der Waals surface area contributed by atoms with E-state index in [0.29, 0.717) is 6.42 Å². The first-order valence-electron chi connectivity index (χ1n) is 10.8. The number of carboxylic acid groups (broad SMARTS) is 1. The van der Waals surface area contributed by atoms with Gasteiger partial charge in [-0.3, -0.25) is 4.79 Å². The molecule has 0 bridgehead atoms. The number of nitrogens with one attached hydrogen (secondary N) is 2. The summed E-state index contributed by atoms with van der Waals surface area (Å²) < 4.78 is 11.0. The number of aliphatic carboxylic acids is 1. The van der Waals surface area contributed by atoms with Crippen molar-refractivity contribution in [2.24, 2.45) is 0 Å². The molecule has 2 amide bonds. The van der Waals surface area contributed by atoms with E-state index in [9.17, 15) is 14.4 Å². The fourth-order valence-electron chi connectivity index (χ4n) is 4.38. The molecule has 3 N–H and O–H groups in total. The highest BCUT2D eigenvalue weighted by Gasteiger charge is 2.37. The van der Waals surface area contributed by atoms with E-state index < -0.39 is 36.2 Å². The number of hydrogen-bond donors (Lipinski definition) is 3. The summed E-state index contributed by atoms with van der Waals surface area (Å²) in [7, 11) is 0. The van der Waals surface area contributed by atoms with Crippen LogP contribution in [0.3, 0.4) is 0 Å². The third-order valence-electron chi connectivity index (χ3n) is 6.02. The molecule has 8 nitrogen and oxygen atoms in total. The summed E-state index contributed by atoms with van der Waals surface area (Å²) >= 11 is 0. The summed E-state index contributed by atoms with van der Waals surface area (Å²) in [5.41, 5.74) is 4.51. The molecule has 1 fully saturated rings. The Morgan fingerprint density at radius 2 is 1.72 bits per heavy atom. The summed E-state index contributed by atoms with van der Waals surface area (Å²) in [5.74, 6) is -1.73. The molecule has 1 saturated heterocycles. The number of carbonyl (C=O) groups is 3. The molecule has 2 aliphatic rings. The van der Waals surface area contributed by atoms with Crippen molar-refractivity contribution in [2.45, 2.75) is 43.9 Å². The summed E-state index contributed by atoms with van der Waals surface area (Å²) in [4.78, 5) is 36.2. The lowest BCUT2D eigenvalue weighted by atomic mass is 9.98. The van der Waals surface area contributed by atoms with Crippen molar-refractivity contribution in [3.05, 3.63) is 59.7 Å². The van der Waals surface area contributed by atoms with Crippen molar-refractivity contribution in [3.63, 3.8) is 0 Å². The van der Waals surface area contributed by atoms with Crippen molar-refractivity contribution >= 4 is 18.0 Å². The van der Waals surface area contributed by atoms with Gasteiger partial charge >= 0.3 is 12.1 Å². The highest BCUT2D eigenvalue weighted by atomic mass is 16.6. The van der Waals surface area contributed by atoms with Crippen molar-refractivity contribution in [1.82, 2.24) is 10.6 Å². The molecule has 1 heterocycles. The lowest BCUT2D eigenvalue weighted by Gasteiger charge is -2.22. The van der Waals surface area contributed by atoms with E-state index in [-0.39, 0.29) is 25.6 Å². The predicted molar refractivity (Wildman–Crippen MR) is 116 cm³/mol. The molecule has 2 aromatic rings. The molecular weight excluding hydrogens is 412 g/mol. The van der Waals surface area contributed by atoms with E-state index in [1.807, 2.05) is 36.4 Å². The Balaban J connectivity index is 1.37. The normalized spacial score (nSPS) is 20.2. The van der Waals surface area contributed by atoms with Gasteiger partial charge in [-0.25, -0.2) is 9.59 Å². The minimum absolute atomic E-state index is 0.0621. The zero-order valence-electron chi connectivity index (χ0n) is 17.7. The number of alkyl carbamates (subject to hydrolysis) is 1. The summed E-state index contributed by atoms with van der Waals surface area (Å²) in [5, 5.41) is 14.3. The molecule has 1 aliphatic carbocycles. The Hall–Kier alpha value is -3.39. The molecule has 0 unspecified atom stereocenters. The molecule has 0 saturated carbocycles. The lowest BCUT2D eigenvalue weighted by molar-refractivity contribution is -0.143. The van der Waals surface area contributed by atoms with Gasteiger partial charge in [0.15, 0.2) is 6.10 Å². The van der Waals surface area contributed by atoms with E-state index in [1.165, 1.54) is 0 Å². The van der Waals surface area contributed by atoms with Crippen molar-refractivity contribution in [3.8, 4) is 11.1 Å². The number of fused-ring (bicyclic) bond motifs is 3. The monoisotopic (exact) mass is 438 g/mol. The molecule has 32 heavy (non-hydrogen) atoms. The minimum atomic E-state index is -1.11. The van der Waals surface area contributed by atoms with Crippen molar-refractivity contribution in [1.29, 1.82) is 0 Å². The third-order valence-corrected chi connectivity index (χ3v) is 6.02. The van der Waals surface area contributed by atoms with E-state index in [4.69, 9.17) is 14.6 Å². The fourth-order valence-corrected chi connectivity index (χ4v) is 4.38. The molecule has 168 valence electrons. The van der Waals surface area contributed by atoms with Crippen LogP contribution in [0.5, 0.6) is 0 Å². The maximum atomic E-state index is 12.5. The Bertz CT molecular complexity index is 978. The van der Waals surface area contributed by atoms with Crippen LogP contribution in [0, 0.1) is 0 Å². The van der Waals surface area contributed by atoms with Crippen LogP contribution >= 0.6 is 0 Å². The third kappa shape index (κ3) is 4.31. The number of amides is 2. The average molecular weight is 438 g/mol. The second kappa shape index (κ2) is 9.40. The highest BCUT2D eigenvalue weighted by Crippen LogP contribution is 2.44. The molecule has 4 rings (SSSR count). The zero-order chi connectivity index (χ0) is 22.7. The van der Waals surface area contributed by atoms with Gasteiger partial charge in [-0.1, -0.05) is 55.5 Å². The first-order valence-corrected chi connectivity index (χ1v) is 10.8. The van der Waals surface area contributed by atoms with Crippen LogP contribution in [0.15, 0.2) is 48.5 Å². The smallest absolute Gasteiger partial charge is 0.407 e. The van der Waals surface area contributed by atoms with Crippen LogP contribution in [0.2, 0.25) is 0 Å². The highest BCUT2D eigenvalue weighted by molar-refractivity contribution is 5.87. The van der Waals surface area contributed by atoms with E-state index in [2.05, 4.69) is 22.8 Å². The van der Waals surface area contributed by atoms with Gasteiger partial charge in [0.2, 0.25) is 0 Å². The Kier molecular flexibility index (Phi) is 6.41. The van der Waals surface area contributed by atoms with Gasteiger partial charge in [0.05, 0.1) is 6.04 Å². The molecule has 8 heteroatoms. The number of benzene rings is 2. The van der Waals surface area contributed by atoms with Gasteiger partial charge in [0, 0.05) is 12.5 Å². The summed E-state index contributed by atoms with van der Waals surface area (Å²) in [6.45, 7) is 2.12. The Morgan fingerprint density at radius 3 is 2.31 bits per heavy atom. The minimum Gasteiger partial charge on any atom is -0.480 e. The second-order valence-corrected chi connectivity index (χ2v) is 7.96. The molecule has 3 atom stereocenters. The molecule has 0 radical (unpaired) electrons. The van der Waals surface area contributed by atoms with Gasteiger partial charge in [0.1, 0.15) is 12.6 Å². The van der Waals surface area contributed by atoms with Crippen LogP contribution in [-0.4, -0.2) is 54.5 Å². The van der Waals surface area contributed by atoms with Crippen molar-refractivity contribution in [2.75, 3.05) is 13.2 Å². The van der Waals surface area contributed by atoms with Crippen LogP contribution < -0.4 is 10.6 Å². The molecule has 1 aliphatic heterocycles. The fraction of sp³-hybridized carbons (Fsp3) is 0.375. The summed E-state index contributed by atoms with van der Waals surface area (Å²) in [6, 6.07) is 14.5. The molecular formula is C24H26N2O6. The van der Waals surface area contributed by atoms with Crippen molar-refractivity contribution < 1.29 is 29.0 Å². The van der Waals surface area contributed by atoms with Gasteiger partial charge in [-0.2, -0.15) is 0 Å². The summed E-state index contributed by atoms with van der Waals surface area (Å²) in [6.07, 6.45) is -0.904. The van der Waals surface area contributed by atoms with E-state index >= 15 is 0 Å². The number of carboxylic acids is 1. The largest absolute Gasteiger partial charge is 0.480 e. The number of hydrogen-bond acceptors (Lipinski definition) is 5. The maximum absolute atomic E-state index is 12.5. The lowest BCUT2D eigenvalue weighted by Crippen LogP contribution is -2.52. The van der Waals surface area contributed by atoms with E-state index in [1.54, 1.807) is 6.92 Å². The molecule has 2 aromatic carbocycles. The maximum Gasteiger partial charge on any atom is 0.407 e. The van der Waals surface area contributed by atoms with Gasteiger partial charge in [-0.15, -0.1) is 0 Å². The van der Waals surface area contributed by atoms with Gasteiger partial charge in [-0.05, 0) is 35.1 Å². The van der Waals surface area contributed by atoms with E-state index in [0.717, 1.165) is 22.3 Å². The second-order valence-electron chi connectivity index (χ2n) is 7.96. The first-order chi connectivity index (χ1) is 15.5. The number of rotatable bonds is 7. The van der Waals surface area contributed by atoms with Crippen LogP contribution in [-0.2, 0) is 19.1 Å². The topological polar surface area (TPSA) is 114 Å². The number of ether oxygens (including phenoxy) is 2. The molecule has 0 spiro atoms. The molecule has 0 aromatic heterocycles. The quantitative estimate of drug-likeness (QED) is 0.612. The van der Waals surface area contributed by atoms with Crippen LogP contribution in [0.1, 0.15) is 36.8 Å². The van der Waals surface area contributed by atoms with Crippen LogP contribution in [0.4, 0.5) is 4.79 Å². The Labute approximate surface area is 185 Å². The van der Waals surface area contributed by atoms with Gasteiger partial charge in [0.25, 0.3) is 5.91 Å². The average Bonchev–Trinajstić information content (AvgIpc) is 3.38. The standard InChI is InChI=1S/C24H26N2O6/c1-2-19(23(28)29)25-22(27)21-20(11-12-31-21)26-24(30)32-13-18-16-9-5-3-7-14(16)15-8-4-6-10-17(15)18/h3-10,18-21H,2,11-13H2,1H3,(H,25,27)(H,26,30)(H,28,29)/t19-,20+,21-/m0/s1. The van der Waals surface area contributed by atoms with Crippen LogP contribution in [0.25, 0.3) is 11.1 Å². The number of carbonyl (C=O) groups excluding carboxylic acids is 2. The zero-order valence-corrected chi connectivity index (χ0v) is 17.7. The Morgan fingerprint density at radius 1 is 1.09 bits per heavy atom.